The van der Waals surface area contributed by atoms with E-state index in [0.29, 0.717) is 23.9 Å². The van der Waals surface area contributed by atoms with Gasteiger partial charge in [-0.05, 0) is 30.5 Å². The SMILES string of the molecule is CC(C)C(CCBr)NC(=O)c1ccc(F)c(C(F)(F)F)c1. The average molecular weight is 370 g/mol. The van der Waals surface area contributed by atoms with Gasteiger partial charge in [0.15, 0.2) is 0 Å². The predicted molar refractivity (Wildman–Crippen MR) is 75.9 cm³/mol. The van der Waals surface area contributed by atoms with Crippen molar-refractivity contribution in [3.63, 3.8) is 0 Å². The summed E-state index contributed by atoms with van der Waals surface area (Å²) in [7, 11) is 0. The molecule has 1 rings (SSSR count). The summed E-state index contributed by atoms with van der Waals surface area (Å²) >= 11 is 3.26. The van der Waals surface area contributed by atoms with Gasteiger partial charge in [0.05, 0.1) is 5.56 Å². The second-order valence-corrected chi connectivity index (χ2v) is 5.79. The van der Waals surface area contributed by atoms with Crippen LogP contribution in [0.15, 0.2) is 18.2 Å². The normalized spacial score (nSPS) is 13.3. The van der Waals surface area contributed by atoms with E-state index < -0.39 is 23.5 Å². The molecule has 1 unspecified atom stereocenters. The smallest absolute Gasteiger partial charge is 0.349 e. The first-order valence-corrected chi connectivity index (χ1v) is 7.52. The molecular formula is C14H16BrF4NO. The third-order valence-corrected chi connectivity index (χ3v) is 3.53. The van der Waals surface area contributed by atoms with E-state index in [2.05, 4.69) is 21.2 Å². The standard InChI is InChI=1S/C14H16BrF4NO/c1-8(2)12(5-6-15)20-13(21)9-3-4-11(16)10(7-9)14(17,18)19/h3-4,7-8,12H,5-6H2,1-2H3,(H,20,21). The summed E-state index contributed by atoms with van der Waals surface area (Å²) in [4.78, 5) is 12.0. The first-order valence-electron chi connectivity index (χ1n) is 6.40. The first kappa shape index (κ1) is 17.9. The summed E-state index contributed by atoms with van der Waals surface area (Å²) in [6, 6.07) is 2.07. The van der Waals surface area contributed by atoms with Crippen LogP contribution in [0.3, 0.4) is 0 Å². The number of rotatable bonds is 5. The molecule has 0 aliphatic carbocycles. The highest BCUT2D eigenvalue weighted by molar-refractivity contribution is 9.09. The van der Waals surface area contributed by atoms with E-state index in [1.54, 1.807) is 0 Å². The van der Waals surface area contributed by atoms with E-state index in [9.17, 15) is 22.4 Å². The van der Waals surface area contributed by atoms with Gasteiger partial charge >= 0.3 is 6.18 Å². The van der Waals surface area contributed by atoms with Crippen LogP contribution >= 0.6 is 15.9 Å². The fourth-order valence-electron chi connectivity index (χ4n) is 1.83. The largest absolute Gasteiger partial charge is 0.419 e. The summed E-state index contributed by atoms with van der Waals surface area (Å²) < 4.78 is 51.1. The zero-order valence-corrected chi connectivity index (χ0v) is 13.2. The van der Waals surface area contributed by atoms with Crippen LogP contribution in [0.2, 0.25) is 0 Å². The molecule has 1 amide bonds. The van der Waals surface area contributed by atoms with Crippen molar-refractivity contribution in [3.05, 3.63) is 35.1 Å². The van der Waals surface area contributed by atoms with E-state index in [1.807, 2.05) is 13.8 Å². The van der Waals surface area contributed by atoms with Gasteiger partial charge in [0.1, 0.15) is 5.82 Å². The van der Waals surface area contributed by atoms with Gasteiger partial charge in [0.25, 0.3) is 5.91 Å². The van der Waals surface area contributed by atoms with Gasteiger partial charge in [0.2, 0.25) is 0 Å². The fourth-order valence-corrected chi connectivity index (χ4v) is 2.32. The maximum Gasteiger partial charge on any atom is 0.419 e. The zero-order chi connectivity index (χ0) is 16.2. The van der Waals surface area contributed by atoms with Crippen molar-refractivity contribution in [3.8, 4) is 0 Å². The summed E-state index contributed by atoms with van der Waals surface area (Å²) in [6.07, 6.45) is -4.18. The molecule has 0 aromatic heterocycles. The van der Waals surface area contributed by atoms with E-state index >= 15 is 0 Å². The van der Waals surface area contributed by atoms with Gasteiger partial charge in [-0.2, -0.15) is 13.2 Å². The Bertz CT molecular complexity index is 502. The third kappa shape index (κ3) is 4.98. The van der Waals surface area contributed by atoms with Crippen LogP contribution in [0.4, 0.5) is 17.6 Å². The van der Waals surface area contributed by atoms with Crippen molar-refractivity contribution in [1.29, 1.82) is 0 Å². The molecule has 2 nitrogen and oxygen atoms in total. The Morgan fingerprint density at radius 1 is 1.33 bits per heavy atom. The molecule has 118 valence electrons. The number of hydrogen-bond donors (Lipinski definition) is 1. The molecule has 0 saturated heterocycles. The maximum atomic E-state index is 13.2. The summed E-state index contributed by atoms with van der Waals surface area (Å²) in [6.45, 7) is 3.80. The third-order valence-electron chi connectivity index (χ3n) is 3.08. The maximum absolute atomic E-state index is 13.2. The summed E-state index contributed by atoms with van der Waals surface area (Å²) in [5.41, 5.74) is -1.64. The molecule has 1 aromatic rings. The topological polar surface area (TPSA) is 29.1 Å². The lowest BCUT2D eigenvalue weighted by Gasteiger charge is -2.21. The Kier molecular flexibility index (Phi) is 6.19. The van der Waals surface area contributed by atoms with Crippen molar-refractivity contribution in [1.82, 2.24) is 5.32 Å². The molecule has 7 heteroatoms. The van der Waals surface area contributed by atoms with E-state index in [-0.39, 0.29) is 17.5 Å². The Balaban J connectivity index is 2.98. The lowest BCUT2D eigenvalue weighted by molar-refractivity contribution is -0.140. The predicted octanol–water partition coefficient (Wildman–Crippen LogP) is 4.38. The minimum absolute atomic E-state index is 0.133. The first-order chi connectivity index (χ1) is 9.66. The Labute approximate surface area is 129 Å². The molecule has 0 saturated carbocycles. The molecule has 0 radical (unpaired) electrons. The monoisotopic (exact) mass is 369 g/mol. The lowest BCUT2D eigenvalue weighted by atomic mass is 10.0. The van der Waals surface area contributed by atoms with E-state index in [0.717, 1.165) is 6.07 Å². The molecule has 0 spiro atoms. The minimum Gasteiger partial charge on any atom is -0.349 e. The van der Waals surface area contributed by atoms with Crippen LogP contribution < -0.4 is 5.32 Å². The second kappa shape index (κ2) is 7.24. The number of carbonyl (C=O) groups is 1. The molecule has 1 aromatic carbocycles. The Hall–Kier alpha value is -1.11. The Morgan fingerprint density at radius 3 is 2.43 bits per heavy atom. The Morgan fingerprint density at radius 2 is 1.95 bits per heavy atom. The van der Waals surface area contributed by atoms with Gasteiger partial charge in [-0.1, -0.05) is 29.8 Å². The minimum atomic E-state index is -4.83. The van der Waals surface area contributed by atoms with Crippen LogP contribution in [-0.2, 0) is 6.18 Å². The van der Waals surface area contributed by atoms with Crippen LogP contribution in [-0.4, -0.2) is 17.3 Å². The lowest BCUT2D eigenvalue weighted by Crippen LogP contribution is -2.39. The average Bonchev–Trinajstić information content (AvgIpc) is 2.37. The van der Waals surface area contributed by atoms with E-state index in [1.165, 1.54) is 0 Å². The van der Waals surface area contributed by atoms with Crippen molar-refractivity contribution in [2.75, 3.05) is 5.33 Å². The second-order valence-electron chi connectivity index (χ2n) is 4.99. The molecular weight excluding hydrogens is 354 g/mol. The molecule has 21 heavy (non-hydrogen) atoms. The number of hydrogen-bond acceptors (Lipinski definition) is 1. The number of nitrogens with one attached hydrogen (secondary N) is 1. The summed E-state index contributed by atoms with van der Waals surface area (Å²) in [5.74, 6) is -1.89. The number of alkyl halides is 4. The van der Waals surface area contributed by atoms with Crippen LogP contribution in [0, 0.1) is 11.7 Å². The highest BCUT2D eigenvalue weighted by Crippen LogP contribution is 2.31. The molecule has 0 fully saturated rings. The van der Waals surface area contributed by atoms with E-state index in [4.69, 9.17) is 0 Å². The van der Waals surface area contributed by atoms with Crippen LogP contribution in [0.1, 0.15) is 36.2 Å². The molecule has 1 N–H and O–H groups in total. The van der Waals surface area contributed by atoms with Crippen LogP contribution in [0.5, 0.6) is 0 Å². The molecule has 0 bridgehead atoms. The number of amides is 1. The number of benzene rings is 1. The number of halogens is 5. The van der Waals surface area contributed by atoms with Crippen molar-refractivity contribution >= 4 is 21.8 Å². The van der Waals surface area contributed by atoms with Crippen LogP contribution in [0.25, 0.3) is 0 Å². The highest BCUT2D eigenvalue weighted by atomic mass is 79.9. The van der Waals surface area contributed by atoms with Crippen molar-refractivity contribution < 1.29 is 22.4 Å². The quantitative estimate of drug-likeness (QED) is 0.605. The van der Waals surface area contributed by atoms with Gasteiger partial charge in [-0.15, -0.1) is 0 Å². The summed E-state index contributed by atoms with van der Waals surface area (Å²) in [5, 5.41) is 3.33. The number of carbonyl (C=O) groups excluding carboxylic acids is 1. The highest BCUT2D eigenvalue weighted by Gasteiger charge is 2.34. The van der Waals surface area contributed by atoms with Gasteiger partial charge in [0, 0.05) is 16.9 Å². The molecule has 0 aliphatic rings. The van der Waals surface area contributed by atoms with Gasteiger partial charge in [-0.25, -0.2) is 4.39 Å². The zero-order valence-electron chi connectivity index (χ0n) is 11.6. The van der Waals surface area contributed by atoms with Crippen molar-refractivity contribution in [2.24, 2.45) is 5.92 Å². The van der Waals surface area contributed by atoms with Crippen molar-refractivity contribution in [2.45, 2.75) is 32.5 Å². The van der Waals surface area contributed by atoms with Gasteiger partial charge < -0.3 is 5.32 Å². The fraction of sp³-hybridized carbons (Fsp3) is 0.500. The molecule has 0 aliphatic heterocycles. The van der Waals surface area contributed by atoms with Gasteiger partial charge in [-0.3, -0.25) is 4.79 Å². The molecule has 0 heterocycles. The molecule has 1 atom stereocenters.